The van der Waals surface area contributed by atoms with Crippen LogP contribution in [0.15, 0.2) is 60.7 Å². The van der Waals surface area contributed by atoms with Crippen LogP contribution < -0.4 is 0 Å². The van der Waals surface area contributed by atoms with Crippen molar-refractivity contribution in [2.75, 3.05) is 6.61 Å². The van der Waals surface area contributed by atoms with Crippen LogP contribution >= 0.6 is 0 Å². The first kappa shape index (κ1) is 12.9. The fourth-order valence-corrected chi connectivity index (χ4v) is 2.55. The van der Waals surface area contributed by atoms with Crippen LogP contribution in [0.1, 0.15) is 24.8 Å². The zero-order chi connectivity index (χ0) is 13.6. The van der Waals surface area contributed by atoms with Gasteiger partial charge in [-0.3, -0.25) is 0 Å². The van der Waals surface area contributed by atoms with Crippen molar-refractivity contribution in [3.8, 4) is 0 Å². The van der Waals surface area contributed by atoms with E-state index >= 15 is 0 Å². The van der Waals surface area contributed by atoms with Crippen molar-refractivity contribution >= 4 is 11.6 Å². The summed E-state index contributed by atoms with van der Waals surface area (Å²) in [7, 11) is 0. The molecule has 1 saturated heterocycles. The third kappa shape index (κ3) is 3.08. The lowest BCUT2D eigenvalue weighted by Gasteiger charge is -2.15. The molecular formula is C18H20NO+. The molecule has 0 amide bonds. The van der Waals surface area contributed by atoms with Gasteiger partial charge >= 0.3 is 5.90 Å². The molecule has 2 aromatic rings. The topological polar surface area (TPSA) is 12.2 Å². The van der Waals surface area contributed by atoms with Gasteiger partial charge in [-0.05, 0) is 12.8 Å². The number of benzene rings is 2. The second-order valence-electron chi connectivity index (χ2n) is 5.11. The van der Waals surface area contributed by atoms with Crippen molar-refractivity contribution in [1.29, 1.82) is 0 Å². The Labute approximate surface area is 120 Å². The smallest absolute Gasteiger partial charge is 0.342 e. The lowest BCUT2D eigenvalue weighted by atomic mass is 10.1. The summed E-state index contributed by atoms with van der Waals surface area (Å²) in [6.45, 7) is 1.70. The molecule has 3 rings (SSSR count). The van der Waals surface area contributed by atoms with Crippen LogP contribution in [0.3, 0.4) is 0 Å². The van der Waals surface area contributed by atoms with E-state index in [0.717, 1.165) is 31.9 Å². The number of hydrogen-bond acceptors (Lipinski definition) is 1. The quantitative estimate of drug-likeness (QED) is 0.761. The molecule has 1 aliphatic rings. The summed E-state index contributed by atoms with van der Waals surface area (Å²) in [6, 6.07) is 21.1. The third-order valence-electron chi connectivity index (χ3n) is 3.61. The van der Waals surface area contributed by atoms with Crippen LogP contribution in [0.5, 0.6) is 0 Å². The van der Waals surface area contributed by atoms with Gasteiger partial charge < -0.3 is 4.74 Å². The van der Waals surface area contributed by atoms with E-state index in [-0.39, 0.29) is 0 Å². The highest BCUT2D eigenvalue weighted by molar-refractivity contribution is 5.72. The van der Waals surface area contributed by atoms with Crippen LogP contribution in [0, 0.1) is 0 Å². The molecule has 0 spiro atoms. The van der Waals surface area contributed by atoms with Gasteiger partial charge in [0.1, 0.15) is 0 Å². The molecular weight excluding hydrogens is 246 g/mol. The van der Waals surface area contributed by atoms with Crippen molar-refractivity contribution in [3.63, 3.8) is 0 Å². The van der Waals surface area contributed by atoms with Gasteiger partial charge in [0.15, 0.2) is 6.54 Å². The monoisotopic (exact) mass is 266 g/mol. The van der Waals surface area contributed by atoms with Crippen LogP contribution in [-0.2, 0) is 11.3 Å². The molecule has 0 bridgehead atoms. The zero-order valence-electron chi connectivity index (χ0n) is 11.7. The number of rotatable bonds is 3. The van der Waals surface area contributed by atoms with E-state index < -0.39 is 0 Å². The average molecular weight is 266 g/mol. The van der Waals surface area contributed by atoms with Crippen LogP contribution in [0.4, 0.5) is 5.69 Å². The molecule has 20 heavy (non-hydrogen) atoms. The first-order valence-corrected chi connectivity index (χ1v) is 7.28. The predicted octanol–water partition coefficient (Wildman–Crippen LogP) is 4.13. The van der Waals surface area contributed by atoms with Crippen molar-refractivity contribution in [1.82, 2.24) is 0 Å². The highest BCUT2D eigenvalue weighted by Gasteiger charge is 2.22. The Kier molecular flexibility index (Phi) is 4.12. The maximum Gasteiger partial charge on any atom is 0.342 e. The summed E-state index contributed by atoms with van der Waals surface area (Å²) in [5.41, 5.74) is 2.51. The minimum atomic E-state index is 0.841. The van der Waals surface area contributed by atoms with Gasteiger partial charge in [0.25, 0.3) is 0 Å². The molecule has 0 unspecified atom stereocenters. The molecule has 102 valence electrons. The van der Waals surface area contributed by atoms with Crippen molar-refractivity contribution in [2.45, 2.75) is 25.8 Å². The lowest BCUT2D eigenvalue weighted by Crippen LogP contribution is -2.23. The molecule has 0 N–H and O–H groups in total. The van der Waals surface area contributed by atoms with Crippen molar-refractivity contribution in [3.05, 3.63) is 66.2 Å². The molecule has 0 saturated carbocycles. The maximum absolute atomic E-state index is 5.91. The standard InChI is InChI=1S/C18H20NO/c1-3-9-16(10-4-1)15-19(17-11-5-2-6-12-17)18-13-7-8-14-20-18/h1-6,9-12H,7-8,13-15H2/q+1. The lowest BCUT2D eigenvalue weighted by molar-refractivity contribution is -0.470. The van der Waals surface area contributed by atoms with Crippen LogP contribution in [0.25, 0.3) is 0 Å². The second kappa shape index (κ2) is 6.38. The molecule has 0 atom stereocenters. The number of ether oxygens (including phenoxy) is 1. The first-order valence-electron chi connectivity index (χ1n) is 7.28. The van der Waals surface area contributed by atoms with Crippen molar-refractivity contribution < 1.29 is 9.31 Å². The molecule has 0 aromatic heterocycles. The van der Waals surface area contributed by atoms with Crippen molar-refractivity contribution in [2.24, 2.45) is 0 Å². The molecule has 0 aliphatic carbocycles. The fraction of sp³-hybridized carbons (Fsp3) is 0.278. The molecule has 1 fully saturated rings. The molecule has 2 nitrogen and oxygen atoms in total. The summed E-state index contributed by atoms with van der Waals surface area (Å²) in [6.07, 6.45) is 3.41. The second-order valence-corrected chi connectivity index (χ2v) is 5.11. The molecule has 1 aliphatic heterocycles. The minimum absolute atomic E-state index is 0.841. The zero-order valence-corrected chi connectivity index (χ0v) is 11.7. The third-order valence-corrected chi connectivity index (χ3v) is 3.61. The number of para-hydroxylation sites is 1. The summed E-state index contributed by atoms with van der Waals surface area (Å²) in [5.74, 6) is 1.10. The Bertz CT molecular complexity index is 567. The summed E-state index contributed by atoms with van der Waals surface area (Å²) in [4.78, 5) is 0. The van der Waals surface area contributed by atoms with Crippen LogP contribution in [-0.4, -0.2) is 17.1 Å². The van der Waals surface area contributed by atoms with Gasteiger partial charge in [0.05, 0.1) is 13.0 Å². The Morgan fingerprint density at radius 3 is 2.20 bits per heavy atom. The van der Waals surface area contributed by atoms with Gasteiger partial charge in [0, 0.05) is 17.7 Å². The largest absolute Gasteiger partial charge is 0.448 e. The van der Waals surface area contributed by atoms with Gasteiger partial charge in [-0.1, -0.05) is 48.5 Å². The predicted molar refractivity (Wildman–Crippen MR) is 81.3 cm³/mol. The normalized spacial score (nSPS) is 17.4. The van der Waals surface area contributed by atoms with E-state index in [2.05, 4.69) is 65.2 Å². The Morgan fingerprint density at radius 2 is 1.55 bits per heavy atom. The van der Waals surface area contributed by atoms with E-state index in [9.17, 15) is 0 Å². The van der Waals surface area contributed by atoms with Gasteiger partial charge in [0.2, 0.25) is 5.69 Å². The molecule has 2 aromatic carbocycles. The number of hydrogen-bond donors (Lipinski definition) is 0. The van der Waals surface area contributed by atoms with E-state index in [1.54, 1.807) is 0 Å². The SMILES string of the molecule is c1ccc(C[N+](=C2CCCCO2)c2ccccc2)cc1. The van der Waals surface area contributed by atoms with E-state index in [0.29, 0.717) is 0 Å². The molecule has 2 heteroatoms. The fourth-order valence-electron chi connectivity index (χ4n) is 2.55. The molecule has 0 radical (unpaired) electrons. The van der Waals surface area contributed by atoms with E-state index in [4.69, 9.17) is 4.74 Å². The average Bonchev–Trinajstić information content (AvgIpc) is 2.55. The first-order chi connectivity index (χ1) is 9.93. The van der Waals surface area contributed by atoms with Gasteiger partial charge in [-0.25, -0.2) is 0 Å². The van der Waals surface area contributed by atoms with Gasteiger partial charge in [-0.2, -0.15) is 4.58 Å². The van der Waals surface area contributed by atoms with Crippen LogP contribution in [0.2, 0.25) is 0 Å². The maximum atomic E-state index is 5.91. The highest BCUT2D eigenvalue weighted by atomic mass is 16.5. The summed E-state index contributed by atoms with van der Waals surface area (Å²) < 4.78 is 8.21. The Hall–Kier alpha value is -2.09. The molecule has 1 heterocycles. The Morgan fingerprint density at radius 1 is 0.850 bits per heavy atom. The summed E-state index contributed by atoms with van der Waals surface area (Å²) >= 11 is 0. The number of nitrogens with zero attached hydrogens (tertiary/aromatic N) is 1. The van der Waals surface area contributed by atoms with E-state index in [1.807, 2.05) is 0 Å². The van der Waals surface area contributed by atoms with Gasteiger partial charge in [-0.15, -0.1) is 0 Å². The Balaban J connectivity index is 1.95. The highest BCUT2D eigenvalue weighted by Crippen LogP contribution is 2.18. The van der Waals surface area contributed by atoms with E-state index in [1.165, 1.54) is 17.7 Å². The minimum Gasteiger partial charge on any atom is -0.448 e. The summed E-state index contributed by atoms with van der Waals surface area (Å²) in [5, 5.41) is 0.